The Morgan fingerprint density at radius 1 is 1.07 bits per heavy atom. The molecule has 1 spiro atoms. The van der Waals surface area contributed by atoms with Gasteiger partial charge in [-0.25, -0.2) is 8.42 Å². The number of benzene rings is 2. The van der Waals surface area contributed by atoms with Gasteiger partial charge in [0.05, 0.1) is 28.1 Å². The fourth-order valence-corrected chi connectivity index (χ4v) is 5.02. The molecule has 1 aromatic heterocycles. The molecule has 1 saturated carbocycles. The molecule has 0 radical (unpaired) electrons. The molecule has 156 valence electrons. The van der Waals surface area contributed by atoms with Crippen molar-refractivity contribution in [3.63, 3.8) is 0 Å². The lowest BCUT2D eigenvalue weighted by atomic mass is 9.93. The maximum atomic E-state index is 13.2. The number of rotatable bonds is 4. The second kappa shape index (κ2) is 6.87. The highest BCUT2D eigenvalue weighted by atomic mass is 32.2. The first-order valence-electron chi connectivity index (χ1n) is 10.2. The third-order valence-corrected chi connectivity index (χ3v) is 7.60. The van der Waals surface area contributed by atoms with E-state index in [-0.39, 0.29) is 10.8 Å². The molecule has 1 aliphatic carbocycles. The molecule has 2 fully saturated rings. The van der Waals surface area contributed by atoms with Crippen molar-refractivity contribution in [2.75, 3.05) is 29.6 Å². The Labute approximate surface area is 175 Å². The number of carbonyl (C=O) groups is 1. The Morgan fingerprint density at radius 2 is 1.83 bits per heavy atom. The fourth-order valence-electron chi connectivity index (χ4n) is 4.38. The SMILES string of the molecule is CS(=O)(=O)c1ccc(C(=O)Nc2cccc3ccoc23)c(N2CCC3(CC2)CC3)c1. The van der Waals surface area contributed by atoms with Gasteiger partial charge < -0.3 is 14.6 Å². The van der Waals surface area contributed by atoms with E-state index in [2.05, 4.69) is 10.2 Å². The number of carbonyl (C=O) groups excluding carboxylic acids is 1. The van der Waals surface area contributed by atoms with Crippen molar-refractivity contribution in [1.82, 2.24) is 0 Å². The summed E-state index contributed by atoms with van der Waals surface area (Å²) in [6.07, 6.45) is 7.52. The lowest BCUT2D eigenvalue weighted by Crippen LogP contribution is -2.35. The number of anilines is 2. The molecule has 2 aliphatic rings. The normalized spacial score (nSPS) is 18.0. The maximum Gasteiger partial charge on any atom is 0.257 e. The van der Waals surface area contributed by atoms with Crippen molar-refractivity contribution in [2.24, 2.45) is 5.41 Å². The predicted molar refractivity (Wildman–Crippen MR) is 117 cm³/mol. The number of piperidine rings is 1. The number of hydrogen-bond donors (Lipinski definition) is 1. The van der Waals surface area contributed by atoms with Crippen molar-refractivity contribution in [2.45, 2.75) is 30.6 Å². The fraction of sp³-hybridized carbons (Fsp3) is 0.348. The van der Waals surface area contributed by atoms with Crippen molar-refractivity contribution in [3.8, 4) is 0 Å². The molecule has 1 amide bonds. The van der Waals surface area contributed by atoms with Crippen molar-refractivity contribution >= 4 is 38.1 Å². The third-order valence-electron chi connectivity index (χ3n) is 6.49. The highest BCUT2D eigenvalue weighted by Crippen LogP contribution is 2.54. The Hall–Kier alpha value is -2.80. The summed E-state index contributed by atoms with van der Waals surface area (Å²) < 4.78 is 29.8. The Balaban J connectivity index is 1.50. The van der Waals surface area contributed by atoms with E-state index in [9.17, 15) is 13.2 Å². The number of nitrogens with zero attached hydrogens (tertiary/aromatic N) is 1. The van der Waals surface area contributed by atoms with Gasteiger partial charge in [0.25, 0.3) is 5.91 Å². The molecule has 1 saturated heterocycles. The Morgan fingerprint density at radius 3 is 2.53 bits per heavy atom. The average molecular weight is 425 g/mol. The van der Waals surface area contributed by atoms with Crippen LogP contribution in [0.1, 0.15) is 36.0 Å². The summed E-state index contributed by atoms with van der Waals surface area (Å²) in [5.74, 6) is -0.277. The molecule has 1 aliphatic heterocycles. The van der Waals surface area contributed by atoms with Gasteiger partial charge in [0.15, 0.2) is 15.4 Å². The number of amides is 1. The van der Waals surface area contributed by atoms with E-state index in [1.165, 1.54) is 25.2 Å². The van der Waals surface area contributed by atoms with E-state index in [4.69, 9.17) is 4.42 Å². The Kier molecular flexibility index (Phi) is 4.39. The van der Waals surface area contributed by atoms with E-state index in [1.807, 2.05) is 18.2 Å². The van der Waals surface area contributed by atoms with E-state index in [0.717, 1.165) is 31.3 Å². The first kappa shape index (κ1) is 19.2. The van der Waals surface area contributed by atoms with Crippen LogP contribution >= 0.6 is 0 Å². The van der Waals surface area contributed by atoms with E-state index < -0.39 is 9.84 Å². The van der Waals surface area contributed by atoms with Crippen molar-refractivity contribution < 1.29 is 17.6 Å². The van der Waals surface area contributed by atoms with Gasteiger partial charge in [0.2, 0.25) is 0 Å². The largest absolute Gasteiger partial charge is 0.462 e. The zero-order chi connectivity index (χ0) is 20.9. The monoisotopic (exact) mass is 424 g/mol. The summed E-state index contributed by atoms with van der Waals surface area (Å²) in [5.41, 5.74) is 2.85. The molecule has 6 nitrogen and oxygen atoms in total. The first-order valence-corrected chi connectivity index (χ1v) is 12.1. The van der Waals surface area contributed by atoms with Crippen LogP contribution in [0.4, 0.5) is 11.4 Å². The predicted octanol–water partition coefficient (Wildman–Crippen LogP) is 4.47. The smallest absolute Gasteiger partial charge is 0.257 e. The van der Waals surface area contributed by atoms with Gasteiger partial charge in [-0.2, -0.15) is 0 Å². The number of fused-ring (bicyclic) bond motifs is 1. The zero-order valence-corrected chi connectivity index (χ0v) is 17.7. The molecule has 1 N–H and O–H groups in total. The summed E-state index contributed by atoms with van der Waals surface area (Å²) in [6.45, 7) is 1.67. The van der Waals surface area contributed by atoms with E-state index >= 15 is 0 Å². The molecular weight excluding hydrogens is 400 g/mol. The van der Waals surface area contributed by atoms with Crippen LogP contribution in [-0.2, 0) is 9.84 Å². The van der Waals surface area contributed by atoms with E-state index in [1.54, 1.807) is 24.5 Å². The average Bonchev–Trinajstić information content (AvgIpc) is 3.29. The number of hydrogen-bond acceptors (Lipinski definition) is 5. The van der Waals surface area contributed by atoms with Crippen LogP contribution in [0.5, 0.6) is 0 Å². The molecule has 2 aromatic carbocycles. The molecule has 0 bridgehead atoms. The molecular formula is C23H24N2O4S. The minimum absolute atomic E-state index is 0.230. The van der Waals surface area contributed by atoms with Crippen LogP contribution in [0.3, 0.4) is 0 Å². The minimum atomic E-state index is -3.37. The second-order valence-corrected chi connectivity index (χ2v) is 10.6. The standard InChI is InChI=1S/C23H24N2O4S/c1-30(27,28)17-5-6-18(20(15-17)25-12-10-23(8-9-23)11-13-25)22(26)24-19-4-2-3-16-7-14-29-21(16)19/h2-7,14-15H,8-13H2,1H3,(H,24,26). The van der Waals surface area contributed by atoms with Gasteiger partial charge in [-0.3, -0.25) is 4.79 Å². The van der Waals surface area contributed by atoms with Gasteiger partial charge in [0, 0.05) is 24.7 Å². The zero-order valence-electron chi connectivity index (χ0n) is 16.8. The summed E-state index contributed by atoms with van der Waals surface area (Å²) >= 11 is 0. The summed E-state index contributed by atoms with van der Waals surface area (Å²) in [7, 11) is -3.37. The lowest BCUT2D eigenvalue weighted by Gasteiger charge is -2.35. The quantitative estimate of drug-likeness (QED) is 0.668. The van der Waals surface area contributed by atoms with Crippen LogP contribution in [0.25, 0.3) is 11.0 Å². The van der Waals surface area contributed by atoms with Gasteiger partial charge >= 0.3 is 0 Å². The van der Waals surface area contributed by atoms with Gasteiger partial charge in [-0.1, -0.05) is 12.1 Å². The summed E-state index contributed by atoms with van der Waals surface area (Å²) in [6, 6.07) is 12.2. The van der Waals surface area contributed by atoms with Gasteiger partial charge in [-0.05, 0) is 61.4 Å². The van der Waals surface area contributed by atoms with Crippen LogP contribution in [-0.4, -0.2) is 33.7 Å². The molecule has 3 aromatic rings. The summed E-state index contributed by atoms with van der Waals surface area (Å²) in [4.78, 5) is 15.6. The molecule has 5 rings (SSSR count). The van der Waals surface area contributed by atoms with Gasteiger partial charge in [0.1, 0.15) is 0 Å². The van der Waals surface area contributed by atoms with Gasteiger partial charge in [-0.15, -0.1) is 0 Å². The third kappa shape index (κ3) is 3.47. The lowest BCUT2D eigenvalue weighted by molar-refractivity contribution is 0.102. The molecule has 0 unspecified atom stereocenters. The molecule has 2 heterocycles. The molecule has 0 atom stereocenters. The van der Waals surface area contributed by atoms with Crippen molar-refractivity contribution in [1.29, 1.82) is 0 Å². The summed E-state index contributed by atoms with van der Waals surface area (Å²) in [5, 5.41) is 3.85. The topological polar surface area (TPSA) is 79.6 Å². The van der Waals surface area contributed by atoms with Crippen LogP contribution < -0.4 is 10.2 Å². The van der Waals surface area contributed by atoms with Crippen LogP contribution in [0.15, 0.2) is 58.0 Å². The highest BCUT2D eigenvalue weighted by Gasteiger charge is 2.44. The highest BCUT2D eigenvalue weighted by molar-refractivity contribution is 7.90. The molecule has 7 heteroatoms. The van der Waals surface area contributed by atoms with Crippen LogP contribution in [0.2, 0.25) is 0 Å². The maximum absolute atomic E-state index is 13.2. The van der Waals surface area contributed by atoms with Crippen LogP contribution in [0, 0.1) is 5.41 Å². The van der Waals surface area contributed by atoms with Crippen molar-refractivity contribution in [3.05, 3.63) is 54.3 Å². The first-order chi connectivity index (χ1) is 14.3. The number of furan rings is 1. The van der Waals surface area contributed by atoms with E-state index in [0.29, 0.717) is 27.9 Å². The minimum Gasteiger partial charge on any atom is -0.462 e. The number of para-hydroxylation sites is 1. The number of nitrogens with one attached hydrogen (secondary N) is 1. The Bertz CT molecular complexity index is 1230. The number of sulfone groups is 1. The second-order valence-electron chi connectivity index (χ2n) is 8.54. The molecule has 30 heavy (non-hydrogen) atoms.